The summed E-state index contributed by atoms with van der Waals surface area (Å²) in [4.78, 5) is 14.7. The van der Waals surface area contributed by atoms with E-state index >= 15 is 0 Å². The Bertz CT molecular complexity index is 885. The lowest BCUT2D eigenvalue weighted by Gasteiger charge is -2.34. The largest absolute Gasteiger partial charge is 0.493 e. The van der Waals surface area contributed by atoms with Crippen molar-refractivity contribution >= 4 is 19.8 Å². The molecule has 2 unspecified atom stereocenters. The molecule has 27 heavy (non-hydrogen) atoms. The highest BCUT2D eigenvalue weighted by molar-refractivity contribution is 7.51. The summed E-state index contributed by atoms with van der Waals surface area (Å²) < 4.78 is 10.7. The van der Waals surface area contributed by atoms with Crippen LogP contribution in [0.3, 0.4) is 0 Å². The first-order valence-electron chi connectivity index (χ1n) is 9.02. The van der Waals surface area contributed by atoms with Crippen LogP contribution in [-0.2, 0) is 4.79 Å². The van der Waals surface area contributed by atoms with Crippen LogP contribution in [0.2, 0.25) is 0 Å². The van der Waals surface area contributed by atoms with Gasteiger partial charge in [0.1, 0.15) is 0 Å². The third-order valence-corrected chi connectivity index (χ3v) is 6.50. The minimum absolute atomic E-state index is 0.0277. The lowest BCUT2D eigenvalue weighted by Crippen LogP contribution is -2.35. The number of nitrogens with zero attached hydrogens (tertiary/aromatic N) is 1. The van der Waals surface area contributed by atoms with Crippen LogP contribution in [0.25, 0.3) is 5.31 Å². The van der Waals surface area contributed by atoms with Crippen LogP contribution in [0.4, 0.5) is 0 Å². The van der Waals surface area contributed by atoms with E-state index in [1.807, 2.05) is 29.3 Å². The van der Waals surface area contributed by atoms with Crippen molar-refractivity contribution in [3.05, 3.63) is 65.4 Å². The van der Waals surface area contributed by atoms with Crippen LogP contribution in [0, 0.1) is 0 Å². The lowest BCUT2D eigenvalue weighted by atomic mass is 9.99. The van der Waals surface area contributed by atoms with Crippen molar-refractivity contribution in [2.75, 3.05) is 27.3 Å². The second-order valence-corrected chi connectivity index (χ2v) is 8.01. The predicted octanol–water partition coefficient (Wildman–Crippen LogP) is 3.26. The summed E-state index contributed by atoms with van der Waals surface area (Å²) in [6.07, 6.45) is 11.3. The van der Waals surface area contributed by atoms with E-state index in [9.17, 15) is 4.79 Å². The number of hydrogen-bond acceptors (Lipinski definition) is 4. The standard InChI is InChI=1S/C21H23N2O3P/c1-25-17-5-3-15(11-18(17)26-2)19-12-20(24)23-13-16(4-6-21(23)27-19)14-7-9-22-10-8-14/h3-7,11-13,21-22,27H,8-10H2,1-2H3. The zero-order chi connectivity index (χ0) is 18.8. The minimum atomic E-state index is 0.0277. The quantitative estimate of drug-likeness (QED) is 0.813. The molecule has 0 spiro atoms. The molecule has 1 aromatic rings. The topological polar surface area (TPSA) is 50.8 Å². The third-order valence-electron chi connectivity index (χ3n) is 4.99. The Morgan fingerprint density at radius 3 is 2.81 bits per heavy atom. The Morgan fingerprint density at radius 2 is 2.07 bits per heavy atom. The second kappa shape index (κ2) is 7.71. The average Bonchev–Trinajstić information content (AvgIpc) is 2.73. The monoisotopic (exact) mass is 382 g/mol. The number of rotatable bonds is 4. The molecule has 140 valence electrons. The molecule has 3 aliphatic heterocycles. The molecule has 3 heterocycles. The smallest absolute Gasteiger partial charge is 0.252 e. The number of ether oxygens (including phenoxy) is 2. The summed E-state index contributed by atoms with van der Waals surface area (Å²) in [6.45, 7) is 1.88. The molecule has 0 saturated heterocycles. The molecule has 6 heteroatoms. The van der Waals surface area contributed by atoms with Gasteiger partial charge in [-0.25, -0.2) is 0 Å². The molecule has 0 saturated carbocycles. The first kappa shape index (κ1) is 18.0. The predicted molar refractivity (Wildman–Crippen MR) is 109 cm³/mol. The van der Waals surface area contributed by atoms with Gasteiger partial charge in [0.2, 0.25) is 0 Å². The van der Waals surface area contributed by atoms with Crippen LogP contribution in [0.5, 0.6) is 11.5 Å². The van der Waals surface area contributed by atoms with E-state index in [1.165, 1.54) is 5.57 Å². The van der Waals surface area contributed by atoms with Crippen LogP contribution in [0.15, 0.2) is 59.8 Å². The zero-order valence-electron chi connectivity index (χ0n) is 15.5. The number of fused-ring (bicyclic) bond motifs is 1. The molecule has 0 fully saturated rings. The van der Waals surface area contributed by atoms with Crippen LogP contribution in [0.1, 0.15) is 12.0 Å². The maximum absolute atomic E-state index is 12.8. The van der Waals surface area contributed by atoms with Gasteiger partial charge in [0.05, 0.1) is 20.0 Å². The summed E-state index contributed by atoms with van der Waals surface area (Å²) in [5.41, 5.74) is 3.46. The van der Waals surface area contributed by atoms with Crippen molar-refractivity contribution in [3.63, 3.8) is 0 Å². The summed E-state index contributed by atoms with van der Waals surface area (Å²) >= 11 is 0. The highest BCUT2D eigenvalue weighted by atomic mass is 31.1. The molecule has 1 N–H and O–H groups in total. The van der Waals surface area contributed by atoms with Gasteiger partial charge < -0.3 is 19.7 Å². The highest BCUT2D eigenvalue weighted by Crippen LogP contribution is 2.46. The van der Waals surface area contributed by atoms with Crippen LogP contribution < -0.4 is 14.8 Å². The van der Waals surface area contributed by atoms with E-state index in [1.54, 1.807) is 20.3 Å². The normalized spacial score (nSPS) is 22.7. The number of benzene rings is 1. The summed E-state index contributed by atoms with van der Waals surface area (Å²) in [5.74, 6) is 1.47. The van der Waals surface area contributed by atoms with Gasteiger partial charge in [0.25, 0.3) is 5.91 Å². The van der Waals surface area contributed by atoms with E-state index in [0.717, 1.165) is 36.0 Å². The van der Waals surface area contributed by atoms with Crippen LogP contribution in [-0.4, -0.2) is 43.9 Å². The van der Waals surface area contributed by atoms with Crippen molar-refractivity contribution in [3.8, 4) is 11.5 Å². The SMILES string of the molecule is COc1ccc(C2=CC(=O)N3C=C(C4=CCNCC4)C=CC3P2)cc1OC. The van der Waals surface area contributed by atoms with Crippen molar-refractivity contribution < 1.29 is 14.3 Å². The summed E-state index contributed by atoms with van der Waals surface area (Å²) in [6, 6.07) is 5.81. The molecular weight excluding hydrogens is 359 g/mol. The molecule has 1 amide bonds. The van der Waals surface area contributed by atoms with E-state index in [0.29, 0.717) is 20.1 Å². The first-order valence-corrected chi connectivity index (χ1v) is 10.1. The van der Waals surface area contributed by atoms with Gasteiger partial charge in [0, 0.05) is 18.8 Å². The lowest BCUT2D eigenvalue weighted by molar-refractivity contribution is -0.123. The Hall–Kier alpha value is -2.36. The molecule has 2 atom stereocenters. The van der Waals surface area contributed by atoms with Crippen molar-refractivity contribution in [2.24, 2.45) is 0 Å². The number of hydrogen-bond donors (Lipinski definition) is 1. The van der Waals surface area contributed by atoms with Crippen molar-refractivity contribution in [1.29, 1.82) is 0 Å². The molecule has 3 aliphatic rings. The van der Waals surface area contributed by atoms with E-state index in [4.69, 9.17) is 9.47 Å². The molecule has 5 nitrogen and oxygen atoms in total. The maximum atomic E-state index is 12.8. The van der Waals surface area contributed by atoms with Gasteiger partial charge in [-0.05, 0) is 47.1 Å². The molecular formula is C21H23N2O3P. The first-order chi connectivity index (χ1) is 13.2. The molecule has 0 aliphatic carbocycles. The molecule has 1 aromatic carbocycles. The fourth-order valence-corrected chi connectivity index (χ4v) is 4.90. The number of methoxy groups -OCH3 is 2. The highest BCUT2D eigenvalue weighted by Gasteiger charge is 2.29. The maximum Gasteiger partial charge on any atom is 0.252 e. The summed E-state index contributed by atoms with van der Waals surface area (Å²) in [7, 11) is 3.73. The third kappa shape index (κ3) is 3.58. The average molecular weight is 382 g/mol. The van der Waals surface area contributed by atoms with Crippen LogP contribution >= 0.6 is 8.58 Å². The van der Waals surface area contributed by atoms with Gasteiger partial charge in [0.15, 0.2) is 11.5 Å². The van der Waals surface area contributed by atoms with Gasteiger partial charge in [-0.1, -0.05) is 32.9 Å². The number of nitrogens with one attached hydrogen (secondary N) is 1. The van der Waals surface area contributed by atoms with E-state index < -0.39 is 0 Å². The Kier molecular flexibility index (Phi) is 5.15. The molecule has 4 rings (SSSR count). The van der Waals surface area contributed by atoms with Gasteiger partial charge in [-0.15, -0.1) is 0 Å². The zero-order valence-corrected chi connectivity index (χ0v) is 16.5. The van der Waals surface area contributed by atoms with Gasteiger partial charge in [-0.2, -0.15) is 0 Å². The van der Waals surface area contributed by atoms with Gasteiger partial charge >= 0.3 is 0 Å². The van der Waals surface area contributed by atoms with E-state index in [2.05, 4.69) is 23.5 Å². The number of allylic oxidation sites excluding steroid dienone is 2. The van der Waals surface area contributed by atoms with Crippen molar-refractivity contribution in [1.82, 2.24) is 10.2 Å². The number of carbonyl (C=O) groups is 1. The fraction of sp³-hybridized carbons (Fsp3) is 0.286. The molecule has 0 radical (unpaired) electrons. The van der Waals surface area contributed by atoms with Gasteiger partial charge in [-0.3, -0.25) is 4.79 Å². The molecule has 0 aromatic heterocycles. The number of carbonyl (C=O) groups excluding carboxylic acids is 1. The summed E-state index contributed by atoms with van der Waals surface area (Å²) in [5, 5.41) is 4.37. The Morgan fingerprint density at radius 1 is 1.22 bits per heavy atom. The minimum Gasteiger partial charge on any atom is -0.493 e. The molecule has 0 bridgehead atoms. The second-order valence-electron chi connectivity index (χ2n) is 6.59. The van der Waals surface area contributed by atoms with Crippen molar-refractivity contribution in [2.45, 2.75) is 12.2 Å². The van der Waals surface area contributed by atoms with E-state index in [-0.39, 0.29) is 11.7 Å². The Balaban J connectivity index is 1.60. The Labute approximate surface area is 161 Å². The fourth-order valence-electron chi connectivity index (χ4n) is 3.52. The number of amides is 1.